The number of benzene rings is 1. The molecule has 0 saturated heterocycles. The van der Waals surface area contributed by atoms with Crippen molar-refractivity contribution in [2.24, 2.45) is 5.73 Å². The SMILES string of the molecule is C=CN(Cc1ccccc1Br)/C(=C\N)CCCCl. The van der Waals surface area contributed by atoms with Crippen LogP contribution in [0.2, 0.25) is 0 Å². The van der Waals surface area contributed by atoms with Crippen LogP contribution in [0.15, 0.2) is 53.4 Å². The Kier molecular flexibility index (Phi) is 6.91. The molecule has 1 aromatic carbocycles. The van der Waals surface area contributed by atoms with E-state index in [-0.39, 0.29) is 0 Å². The van der Waals surface area contributed by atoms with Crippen molar-refractivity contribution in [2.75, 3.05) is 5.88 Å². The lowest BCUT2D eigenvalue weighted by Gasteiger charge is -2.23. The molecule has 2 N–H and O–H groups in total. The summed E-state index contributed by atoms with van der Waals surface area (Å²) in [4.78, 5) is 2.05. The van der Waals surface area contributed by atoms with E-state index in [4.69, 9.17) is 17.3 Å². The van der Waals surface area contributed by atoms with E-state index in [1.54, 1.807) is 12.4 Å². The fourth-order valence-electron chi connectivity index (χ4n) is 1.66. The molecule has 0 spiro atoms. The summed E-state index contributed by atoms with van der Waals surface area (Å²) in [6.45, 7) is 4.59. The lowest BCUT2D eigenvalue weighted by Crippen LogP contribution is -2.17. The van der Waals surface area contributed by atoms with Gasteiger partial charge in [-0.25, -0.2) is 0 Å². The van der Waals surface area contributed by atoms with E-state index < -0.39 is 0 Å². The molecular weight excluding hydrogens is 312 g/mol. The maximum absolute atomic E-state index is 5.72. The van der Waals surface area contributed by atoms with Crippen molar-refractivity contribution in [3.05, 3.63) is 59.0 Å². The molecule has 0 atom stereocenters. The summed E-state index contributed by atoms with van der Waals surface area (Å²) in [5.41, 5.74) is 7.92. The smallest absolute Gasteiger partial charge is 0.0484 e. The van der Waals surface area contributed by atoms with Crippen LogP contribution in [0.4, 0.5) is 0 Å². The van der Waals surface area contributed by atoms with Gasteiger partial charge in [-0.1, -0.05) is 40.7 Å². The van der Waals surface area contributed by atoms with Gasteiger partial charge in [0.2, 0.25) is 0 Å². The standard InChI is InChI=1S/C14H18BrClN2/c1-2-18(13(10-17)7-5-9-16)11-12-6-3-4-8-14(12)15/h2-4,6,8,10H,1,5,7,9,11,17H2/b13-10-. The summed E-state index contributed by atoms with van der Waals surface area (Å²) in [5.74, 6) is 0.636. The van der Waals surface area contributed by atoms with Gasteiger partial charge in [-0.05, 0) is 30.7 Å². The Morgan fingerprint density at radius 3 is 2.72 bits per heavy atom. The summed E-state index contributed by atoms with van der Waals surface area (Å²) < 4.78 is 1.09. The van der Waals surface area contributed by atoms with Gasteiger partial charge in [0.05, 0.1) is 0 Å². The molecule has 2 nitrogen and oxygen atoms in total. The highest BCUT2D eigenvalue weighted by Gasteiger charge is 2.08. The maximum Gasteiger partial charge on any atom is 0.0484 e. The van der Waals surface area contributed by atoms with Crippen molar-refractivity contribution >= 4 is 27.5 Å². The van der Waals surface area contributed by atoms with Gasteiger partial charge >= 0.3 is 0 Å². The second-order valence-electron chi connectivity index (χ2n) is 3.85. The van der Waals surface area contributed by atoms with Crippen molar-refractivity contribution in [3.8, 4) is 0 Å². The first-order chi connectivity index (χ1) is 8.72. The van der Waals surface area contributed by atoms with Crippen molar-refractivity contribution in [1.29, 1.82) is 0 Å². The molecule has 0 aliphatic rings. The third-order valence-corrected chi connectivity index (χ3v) is 3.69. The van der Waals surface area contributed by atoms with Crippen LogP contribution < -0.4 is 5.73 Å². The van der Waals surface area contributed by atoms with Crippen molar-refractivity contribution < 1.29 is 0 Å². The first-order valence-electron chi connectivity index (χ1n) is 5.82. The van der Waals surface area contributed by atoms with Gasteiger partial charge in [-0.15, -0.1) is 11.6 Å². The lowest BCUT2D eigenvalue weighted by molar-refractivity contribution is 0.437. The number of rotatable bonds is 7. The number of alkyl halides is 1. The van der Waals surface area contributed by atoms with Crippen LogP contribution >= 0.6 is 27.5 Å². The predicted octanol–water partition coefficient (Wildman–Crippen LogP) is 4.21. The van der Waals surface area contributed by atoms with Gasteiger partial charge in [-0.3, -0.25) is 0 Å². The molecule has 0 amide bonds. The molecule has 0 aliphatic heterocycles. The zero-order valence-electron chi connectivity index (χ0n) is 10.3. The highest BCUT2D eigenvalue weighted by atomic mass is 79.9. The summed E-state index contributed by atoms with van der Waals surface area (Å²) in [5, 5.41) is 0. The quantitative estimate of drug-likeness (QED) is 0.759. The molecule has 0 unspecified atom stereocenters. The van der Waals surface area contributed by atoms with E-state index in [1.165, 1.54) is 5.56 Å². The molecule has 0 saturated carbocycles. The van der Waals surface area contributed by atoms with Crippen molar-refractivity contribution in [3.63, 3.8) is 0 Å². The van der Waals surface area contributed by atoms with E-state index in [1.807, 2.05) is 23.1 Å². The van der Waals surface area contributed by atoms with Crippen molar-refractivity contribution in [1.82, 2.24) is 4.90 Å². The summed E-state index contributed by atoms with van der Waals surface area (Å²) >= 11 is 9.26. The number of hydrogen-bond acceptors (Lipinski definition) is 2. The van der Waals surface area contributed by atoms with E-state index in [0.29, 0.717) is 5.88 Å². The summed E-state index contributed by atoms with van der Waals surface area (Å²) in [6, 6.07) is 8.13. The Bertz CT molecular complexity index is 418. The first kappa shape index (κ1) is 15.1. The minimum Gasteiger partial charge on any atom is -0.403 e. The van der Waals surface area contributed by atoms with Crippen LogP contribution in [0.5, 0.6) is 0 Å². The number of nitrogens with two attached hydrogens (primary N) is 1. The van der Waals surface area contributed by atoms with Gasteiger partial charge in [-0.2, -0.15) is 0 Å². The summed E-state index contributed by atoms with van der Waals surface area (Å²) in [7, 11) is 0. The van der Waals surface area contributed by atoms with E-state index >= 15 is 0 Å². The zero-order chi connectivity index (χ0) is 13.4. The molecule has 0 radical (unpaired) electrons. The van der Waals surface area contributed by atoms with Gasteiger partial charge in [0.15, 0.2) is 0 Å². The molecule has 1 aromatic rings. The predicted molar refractivity (Wildman–Crippen MR) is 82.1 cm³/mol. The number of hydrogen-bond donors (Lipinski definition) is 1. The fraction of sp³-hybridized carbons (Fsp3) is 0.286. The first-order valence-corrected chi connectivity index (χ1v) is 7.15. The zero-order valence-corrected chi connectivity index (χ0v) is 12.6. The molecular formula is C14H18BrClN2. The third kappa shape index (κ3) is 4.39. The minimum absolute atomic E-state index is 0.636. The van der Waals surface area contributed by atoms with Gasteiger partial charge in [0.1, 0.15) is 0 Å². The monoisotopic (exact) mass is 328 g/mol. The summed E-state index contributed by atoms with van der Waals surface area (Å²) in [6.07, 6.45) is 5.19. The van der Waals surface area contributed by atoms with E-state index in [9.17, 15) is 0 Å². The second kappa shape index (κ2) is 8.22. The van der Waals surface area contributed by atoms with Crippen LogP contribution in [0.1, 0.15) is 18.4 Å². The Morgan fingerprint density at radius 2 is 2.17 bits per heavy atom. The molecule has 0 aliphatic carbocycles. The molecule has 0 fully saturated rings. The average molecular weight is 330 g/mol. The fourth-order valence-corrected chi connectivity index (χ4v) is 2.21. The molecule has 0 bridgehead atoms. The van der Waals surface area contributed by atoms with Crippen LogP contribution in [-0.2, 0) is 6.54 Å². The molecule has 1 rings (SSSR count). The normalized spacial score (nSPS) is 11.3. The Labute approximate surface area is 122 Å². The Balaban J connectivity index is 2.78. The number of halogens is 2. The highest BCUT2D eigenvalue weighted by molar-refractivity contribution is 9.10. The van der Waals surface area contributed by atoms with E-state index in [2.05, 4.69) is 28.6 Å². The van der Waals surface area contributed by atoms with Gasteiger partial charge < -0.3 is 10.6 Å². The molecule has 4 heteroatoms. The van der Waals surface area contributed by atoms with Crippen LogP contribution in [-0.4, -0.2) is 10.8 Å². The molecule has 0 heterocycles. The maximum atomic E-state index is 5.72. The lowest BCUT2D eigenvalue weighted by atomic mass is 10.2. The number of allylic oxidation sites excluding steroid dienone is 1. The third-order valence-electron chi connectivity index (χ3n) is 2.65. The van der Waals surface area contributed by atoms with Crippen LogP contribution in [0, 0.1) is 0 Å². The highest BCUT2D eigenvalue weighted by Crippen LogP contribution is 2.21. The number of nitrogens with zero attached hydrogens (tertiary/aromatic N) is 1. The average Bonchev–Trinajstić information content (AvgIpc) is 2.40. The topological polar surface area (TPSA) is 29.3 Å². The second-order valence-corrected chi connectivity index (χ2v) is 5.08. The largest absolute Gasteiger partial charge is 0.403 e. The molecule has 18 heavy (non-hydrogen) atoms. The van der Waals surface area contributed by atoms with Crippen molar-refractivity contribution in [2.45, 2.75) is 19.4 Å². The molecule has 0 aromatic heterocycles. The minimum atomic E-state index is 0.636. The van der Waals surface area contributed by atoms with Gasteiger partial charge in [0.25, 0.3) is 0 Å². The van der Waals surface area contributed by atoms with Crippen LogP contribution in [0.3, 0.4) is 0 Å². The van der Waals surface area contributed by atoms with Gasteiger partial charge in [0, 0.05) is 28.8 Å². The Morgan fingerprint density at radius 1 is 1.44 bits per heavy atom. The Hall–Kier alpha value is -0.930. The van der Waals surface area contributed by atoms with Crippen LogP contribution in [0.25, 0.3) is 0 Å². The molecule has 98 valence electrons. The van der Waals surface area contributed by atoms with E-state index in [0.717, 1.165) is 29.6 Å².